The monoisotopic (exact) mass is 436 g/mol. The molecule has 2 aromatic rings. The van der Waals surface area contributed by atoms with Crippen LogP contribution < -0.4 is 14.8 Å². The minimum absolute atomic E-state index is 0. The predicted octanol–water partition coefficient (Wildman–Crippen LogP) is 2.89. The molecule has 164 valence electrons. The van der Waals surface area contributed by atoms with Crippen molar-refractivity contribution in [2.45, 2.75) is 31.9 Å². The Morgan fingerprint density at radius 3 is 2.63 bits per heavy atom. The van der Waals surface area contributed by atoms with Gasteiger partial charge in [0, 0.05) is 26.7 Å². The smallest absolute Gasteiger partial charge is 0.257 e. The van der Waals surface area contributed by atoms with Crippen molar-refractivity contribution in [2.75, 3.05) is 27.4 Å². The van der Waals surface area contributed by atoms with Gasteiger partial charge in [-0.3, -0.25) is 4.79 Å². The first-order valence-electron chi connectivity index (χ1n) is 9.69. The summed E-state index contributed by atoms with van der Waals surface area (Å²) in [5, 5.41) is 23.8. The van der Waals surface area contributed by atoms with Crippen LogP contribution in [0.25, 0.3) is 0 Å². The van der Waals surface area contributed by atoms with Gasteiger partial charge in [-0.2, -0.15) is 0 Å². The first-order chi connectivity index (χ1) is 13.8. The van der Waals surface area contributed by atoms with Gasteiger partial charge in [0.25, 0.3) is 5.91 Å². The molecule has 0 bridgehead atoms. The van der Waals surface area contributed by atoms with Crippen LogP contribution in [-0.2, 0) is 6.42 Å². The van der Waals surface area contributed by atoms with E-state index in [1.54, 1.807) is 26.2 Å². The van der Waals surface area contributed by atoms with Crippen LogP contribution in [0.5, 0.6) is 17.2 Å². The standard InChI is InChI=1S/C22H28N2O5.ClH/c1-14(4-5-15-6-9-20-21(10-15)29-13-28-20)23-12-19(26)16-7-8-18(25)17(11-16)22(27)24(2)3;/h6-11,14,19,23,25-26H,4-5,12-13H2,1-3H3;1H. The molecule has 2 aromatic carbocycles. The van der Waals surface area contributed by atoms with E-state index >= 15 is 0 Å². The fourth-order valence-electron chi connectivity index (χ4n) is 3.19. The number of aromatic hydroxyl groups is 1. The third kappa shape index (κ3) is 5.78. The lowest BCUT2D eigenvalue weighted by atomic mass is 10.0. The number of nitrogens with zero attached hydrogens (tertiary/aromatic N) is 1. The van der Waals surface area contributed by atoms with Crippen molar-refractivity contribution in [3.63, 3.8) is 0 Å². The van der Waals surface area contributed by atoms with Crippen LogP contribution in [0.15, 0.2) is 36.4 Å². The third-order valence-corrected chi connectivity index (χ3v) is 5.00. The fourth-order valence-corrected chi connectivity index (χ4v) is 3.19. The highest BCUT2D eigenvalue weighted by atomic mass is 35.5. The molecule has 2 atom stereocenters. The number of carbonyl (C=O) groups excluding carboxylic acids is 1. The lowest BCUT2D eigenvalue weighted by Crippen LogP contribution is -2.31. The summed E-state index contributed by atoms with van der Waals surface area (Å²) in [6.07, 6.45) is 0.991. The van der Waals surface area contributed by atoms with Crippen molar-refractivity contribution in [3.8, 4) is 17.2 Å². The quantitative estimate of drug-likeness (QED) is 0.589. The molecule has 0 aliphatic carbocycles. The normalized spacial score (nSPS) is 14.0. The van der Waals surface area contributed by atoms with Crippen LogP contribution in [0.1, 0.15) is 40.9 Å². The Kier molecular flexibility index (Phi) is 8.34. The predicted molar refractivity (Wildman–Crippen MR) is 117 cm³/mol. The van der Waals surface area contributed by atoms with E-state index in [2.05, 4.69) is 12.2 Å². The molecule has 1 heterocycles. The topological polar surface area (TPSA) is 91.3 Å². The van der Waals surface area contributed by atoms with Crippen molar-refractivity contribution in [3.05, 3.63) is 53.1 Å². The number of halogens is 1. The maximum absolute atomic E-state index is 12.1. The van der Waals surface area contributed by atoms with E-state index in [1.165, 1.54) is 16.5 Å². The van der Waals surface area contributed by atoms with Gasteiger partial charge >= 0.3 is 0 Å². The van der Waals surface area contributed by atoms with Gasteiger partial charge in [0.15, 0.2) is 11.5 Å². The lowest BCUT2D eigenvalue weighted by molar-refractivity contribution is 0.0824. The molecule has 0 radical (unpaired) electrons. The molecule has 7 nitrogen and oxygen atoms in total. The number of rotatable bonds is 8. The lowest BCUT2D eigenvalue weighted by Gasteiger charge is -2.19. The summed E-state index contributed by atoms with van der Waals surface area (Å²) in [7, 11) is 3.24. The number of aliphatic hydroxyl groups excluding tert-OH is 1. The maximum atomic E-state index is 12.1. The number of phenols is 1. The summed E-state index contributed by atoms with van der Waals surface area (Å²) >= 11 is 0. The number of hydrogen-bond donors (Lipinski definition) is 3. The molecule has 2 unspecified atom stereocenters. The number of fused-ring (bicyclic) bond motifs is 1. The first-order valence-corrected chi connectivity index (χ1v) is 9.69. The summed E-state index contributed by atoms with van der Waals surface area (Å²) in [6.45, 7) is 2.69. The van der Waals surface area contributed by atoms with Gasteiger partial charge in [0.05, 0.1) is 11.7 Å². The molecule has 0 spiro atoms. The summed E-state index contributed by atoms with van der Waals surface area (Å²) in [5.74, 6) is 1.17. The number of aliphatic hydroxyl groups is 1. The zero-order valence-corrected chi connectivity index (χ0v) is 18.2. The molecular weight excluding hydrogens is 408 g/mol. The second-order valence-corrected chi connectivity index (χ2v) is 7.53. The van der Waals surface area contributed by atoms with E-state index in [4.69, 9.17) is 9.47 Å². The number of ether oxygens (including phenoxy) is 2. The molecule has 8 heteroatoms. The minimum atomic E-state index is -0.780. The van der Waals surface area contributed by atoms with Crippen molar-refractivity contribution in [2.24, 2.45) is 0 Å². The first kappa shape index (κ1) is 23.8. The maximum Gasteiger partial charge on any atom is 0.257 e. The minimum Gasteiger partial charge on any atom is -0.507 e. The van der Waals surface area contributed by atoms with Gasteiger partial charge in [-0.05, 0) is 55.2 Å². The van der Waals surface area contributed by atoms with Crippen molar-refractivity contribution >= 4 is 18.3 Å². The zero-order chi connectivity index (χ0) is 21.0. The molecular formula is C22H29ClN2O5. The molecule has 30 heavy (non-hydrogen) atoms. The number of phenolic OH excluding ortho intramolecular Hbond substituents is 1. The van der Waals surface area contributed by atoms with Crippen LogP contribution in [-0.4, -0.2) is 54.5 Å². The van der Waals surface area contributed by atoms with E-state index in [0.29, 0.717) is 12.1 Å². The van der Waals surface area contributed by atoms with Gasteiger partial charge in [0.2, 0.25) is 6.79 Å². The van der Waals surface area contributed by atoms with Crippen LogP contribution in [0, 0.1) is 0 Å². The molecule has 3 N–H and O–H groups in total. The summed E-state index contributed by atoms with van der Waals surface area (Å²) in [5.41, 5.74) is 1.94. The highest BCUT2D eigenvalue weighted by Crippen LogP contribution is 2.32. The summed E-state index contributed by atoms with van der Waals surface area (Å²) < 4.78 is 10.7. The van der Waals surface area contributed by atoms with Crippen molar-refractivity contribution in [1.82, 2.24) is 10.2 Å². The number of benzene rings is 2. The van der Waals surface area contributed by atoms with Gasteiger partial charge < -0.3 is 29.9 Å². The van der Waals surface area contributed by atoms with Crippen LogP contribution in [0.3, 0.4) is 0 Å². The Balaban J connectivity index is 0.00000320. The largest absolute Gasteiger partial charge is 0.507 e. The van der Waals surface area contributed by atoms with Crippen LogP contribution >= 0.6 is 12.4 Å². The molecule has 0 aromatic heterocycles. The van der Waals surface area contributed by atoms with E-state index < -0.39 is 6.10 Å². The SMILES string of the molecule is CC(CCc1ccc2c(c1)OCO2)NCC(O)c1ccc(O)c(C(=O)N(C)C)c1.Cl. The summed E-state index contributed by atoms with van der Waals surface area (Å²) in [4.78, 5) is 13.5. The molecule has 1 amide bonds. The number of hydrogen-bond acceptors (Lipinski definition) is 6. The molecule has 1 aliphatic heterocycles. The Morgan fingerprint density at radius 1 is 1.17 bits per heavy atom. The fraction of sp³-hybridized carbons (Fsp3) is 0.409. The number of nitrogens with one attached hydrogen (secondary N) is 1. The van der Waals surface area contributed by atoms with Gasteiger partial charge in [0.1, 0.15) is 5.75 Å². The number of carbonyl (C=O) groups is 1. The third-order valence-electron chi connectivity index (χ3n) is 5.00. The van der Waals surface area contributed by atoms with E-state index in [1.807, 2.05) is 18.2 Å². The average molecular weight is 437 g/mol. The Labute approximate surface area is 183 Å². The second kappa shape index (κ2) is 10.5. The van der Waals surface area contributed by atoms with Crippen LogP contribution in [0.2, 0.25) is 0 Å². The van der Waals surface area contributed by atoms with Crippen LogP contribution in [0.4, 0.5) is 0 Å². The zero-order valence-electron chi connectivity index (χ0n) is 17.4. The average Bonchev–Trinajstić information content (AvgIpc) is 3.18. The molecule has 3 rings (SSSR count). The van der Waals surface area contributed by atoms with Crippen molar-refractivity contribution < 1.29 is 24.5 Å². The van der Waals surface area contributed by atoms with E-state index in [0.717, 1.165) is 24.3 Å². The van der Waals surface area contributed by atoms with E-state index in [-0.39, 0.29) is 42.5 Å². The summed E-state index contributed by atoms with van der Waals surface area (Å²) in [6, 6.07) is 10.8. The highest BCUT2D eigenvalue weighted by molar-refractivity contribution is 5.96. The van der Waals surface area contributed by atoms with E-state index in [9.17, 15) is 15.0 Å². The molecule has 0 saturated heterocycles. The molecule has 1 aliphatic rings. The Morgan fingerprint density at radius 2 is 1.90 bits per heavy atom. The molecule has 0 fully saturated rings. The van der Waals surface area contributed by atoms with Gasteiger partial charge in [-0.1, -0.05) is 12.1 Å². The Hall–Kier alpha value is -2.48. The second-order valence-electron chi connectivity index (χ2n) is 7.53. The molecule has 0 saturated carbocycles. The number of amides is 1. The van der Waals surface area contributed by atoms with Gasteiger partial charge in [-0.15, -0.1) is 12.4 Å². The number of aryl methyl sites for hydroxylation is 1. The Bertz CT molecular complexity index is 875. The van der Waals surface area contributed by atoms with Gasteiger partial charge in [-0.25, -0.2) is 0 Å². The highest BCUT2D eigenvalue weighted by Gasteiger charge is 2.18. The van der Waals surface area contributed by atoms with Crippen molar-refractivity contribution in [1.29, 1.82) is 0 Å².